The molecule has 0 aliphatic carbocycles. The van der Waals surface area contributed by atoms with Crippen LogP contribution >= 0.6 is 0 Å². The Labute approximate surface area is 278 Å². The predicted molar refractivity (Wildman–Crippen MR) is 173 cm³/mol. The molecule has 48 heavy (non-hydrogen) atoms. The van der Waals surface area contributed by atoms with E-state index in [1.165, 1.54) is 6.92 Å². The number of carbonyl (C=O) groups is 8. The van der Waals surface area contributed by atoms with Gasteiger partial charge < -0.3 is 37.1 Å². The molecule has 8 amide bonds. The summed E-state index contributed by atoms with van der Waals surface area (Å²) in [7, 11) is 0. The van der Waals surface area contributed by atoms with Crippen LogP contribution in [0.25, 0.3) is 0 Å². The lowest BCUT2D eigenvalue weighted by atomic mass is 10.0. The minimum atomic E-state index is -1.00. The van der Waals surface area contributed by atoms with Crippen LogP contribution in [0.5, 0.6) is 0 Å². The Morgan fingerprint density at radius 3 is 2.06 bits per heavy atom. The summed E-state index contributed by atoms with van der Waals surface area (Å²) in [5.74, 6) is -3.67. The quantitative estimate of drug-likeness (QED) is 0.0637. The van der Waals surface area contributed by atoms with Crippen molar-refractivity contribution in [2.45, 2.75) is 78.0 Å². The maximum atomic E-state index is 13.3. The molecule has 1 aliphatic rings. The highest BCUT2D eigenvalue weighted by molar-refractivity contribution is 6.14. The highest BCUT2D eigenvalue weighted by Crippen LogP contribution is 2.13. The van der Waals surface area contributed by atoms with E-state index in [4.69, 9.17) is 10.5 Å². The molecule has 2 atom stereocenters. The summed E-state index contributed by atoms with van der Waals surface area (Å²) in [6.07, 6.45) is 4.48. The van der Waals surface area contributed by atoms with E-state index in [-0.39, 0.29) is 44.4 Å². The molecule has 16 nitrogen and oxygen atoms in total. The fraction of sp³-hybridized carbons (Fsp3) is 0.500. The van der Waals surface area contributed by atoms with E-state index in [9.17, 15) is 38.4 Å². The molecule has 1 aromatic carbocycles. The van der Waals surface area contributed by atoms with Crippen molar-refractivity contribution in [1.82, 2.24) is 26.2 Å². The molecule has 1 heterocycles. The number of unbranched alkanes of at least 4 members (excludes halogenated alkanes) is 2. The van der Waals surface area contributed by atoms with Gasteiger partial charge in [-0.05, 0) is 49.3 Å². The summed E-state index contributed by atoms with van der Waals surface area (Å²) in [6.45, 7) is 5.04. The first-order valence-electron chi connectivity index (χ1n) is 15.7. The topological polar surface area (TPSA) is 235 Å². The molecule has 0 radical (unpaired) electrons. The summed E-state index contributed by atoms with van der Waals surface area (Å²) in [5, 5.41) is 13.3. The molecule has 0 saturated heterocycles. The van der Waals surface area contributed by atoms with Crippen LogP contribution < -0.4 is 32.3 Å². The fourth-order valence-corrected chi connectivity index (χ4v) is 4.53. The summed E-state index contributed by atoms with van der Waals surface area (Å²) in [5.41, 5.74) is 6.29. The second-order valence-electron chi connectivity index (χ2n) is 11.5. The van der Waals surface area contributed by atoms with Crippen LogP contribution in [0, 0.1) is 5.92 Å². The second-order valence-corrected chi connectivity index (χ2v) is 11.5. The SMILES string of the molecule is CC(=O)OCc1ccc(NC(=O)[C@H](CCCNC(N)=O)NC(=O)[C@@H](NC(=O)CCCCCNC(=O)CN2C(=O)C=CC2=O)C(C)C)cc1. The number of rotatable bonds is 20. The van der Waals surface area contributed by atoms with Gasteiger partial charge in [-0.15, -0.1) is 0 Å². The van der Waals surface area contributed by atoms with Crippen molar-refractivity contribution in [2.75, 3.05) is 25.0 Å². The van der Waals surface area contributed by atoms with Gasteiger partial charge in [0.25, 0.3) is 11.8 Å². The highest BCUT2D eigenvalue weighted by Gasteiger charge is 2.29. The van der Waals surface area contributed by atoms with Crippen molar-refractivity contribution in [3.8, 4) is 0 Å². The van der Waals surface area contributed by atoms with E-state index in [2.05, 4.69) is 26.6 Å². The maximum Gasteiger partial charge on any atom is 0.312 e. The minimum absolute atomic E-state index is 0.0843. The van der Waals surface area contributed by atoms with Crippen LogP contribution in [-0.4, -0.2) is 84.1 Å². The van der Waals surface area contributed by atoms with Gasteiger partial charge in [-0.3, -0.25) is 38.5 Å². The maximum absolute atomic E-state index is 13.3. The predicted octanol–water partition coefficient (Wildman–Crippen LogP) is 0.364. The van der Waals surface area contributed by atoms with E-state index in [1.54, 1.807) is 38.1 Å². The molecule has 0 spiro atoms. The van der Waals surface area contributed by atoms with Gasteiger partial charge in [0, 0.05) is 44.3 Å². The largest absolute Gasteiger partial charge is 0.461 e. The van der Waals surface area contributed by atoms with Gasteiger partial charge in [-0.25, -0.2) is 4.79 Å². The number of benzene rings is 1. The smallest absolute Gasteiger partial charge is 0.312 e. The number of primary amides is 1. The average molecular weight is 672 g/mol. The molecule has 16 heteroatoms. The number of urea groups is 1. The number of ether oxygens (including phenoxy) is 1. The summed E-state index contributed by atoms with van der Waals surface area (Å²) in [4.78, 5) is 97.3. The summed E-state index contributed by atoms with van der Waals surface area (Å²) < 4.78 is 4.96. The Bertz CT molecular complexity index is 1340. The molecule has 0 unspecified atom stereocenters. The number of hydrogen-bond donors (Lipinski definition) is 6. The lowest BCUT2D eigenvalue weighted by molar-refractivity contribution is -0.142. The van der Waals surface area contributed by atoms with Gasteiger partial charge in [-0.1, -0.05) is 32.4 Å². The van der Waals surface area contributed by atoms with Crippen molar-refractivity contribution < 1.29 is 43.1 Å². The molecule has 0 saturated carbocycles. The van der Waals surface area contributed by atoms with E-state index in [0.717, 1.165) is 22.6 Å². The Morgan fingerprint density at radius 1 is 0.812 bits per heavy atom. The first-order chi connectivity index (χ1) is 22.8. The number of nitrogens with one attached hydrogen (secondary N) is 5. The van der Waals surface area contributed by atoms with Gasteiger partial charge in [0.05, 0.1) is 0 Å². The number of hydrogen-bond acceptors (Lipinski definition) is 9. The molecule has 0 bridgehead atoms. The zero-order valence-electron chi connectivity index (χ0n) is 27.5. The lowest BCUT2D eigenvalue weighted by Gasteiger charge is -2.25. The van der Waals surface area contributed by atoms with Crippen molar-refractivity contribution in [3.05, 3.63) is 42.0 Å². The number of amides is 8. The number of anilines is 1. The second kappa shape index (κ2) is 20.1. The summed E-state index contributed by atoms with van der Waals surface area (Å²) >= 11 is 0. The molecule has 0 aromatic heterocycles. The van der Waals surface area contributed by atoms with Gasteiger partial charge in [0.2, 0.25) is 23.6 Å². The number of imide groups is 1. The van der Waals surface area contributed by atoms with Gasteiger partial charge >= 0.3 is 12.0 Å². The third kappa shape index (κ3) is 14.4. The molecule has 7 N–H and O–H groups in total. The number of carbonyl (C=O) groups excluding carboxylic acids is 8. The van der Waals surface area contributed by atoms with E-state index >= 15 is 0 Å². The van der Waals surface area contributed by atoms with Crippen molar-refractivity contribution in [3.63, 3.8) is 0 Å². The van der Waals surface area contributed by atoms with E-state index in [1.807, 2.05) is 0 Å². The van der Waals surface area contributed by atoms with Crippen LogP contribution in [0.2, 0.25) is 0 Å². The highest BCUT2D eigenvalue weighted by atomic mass is 16.5. The zero-order valence-corrected chi connectivity index (χ0v) is 27.5. The standard InChI is InChI=1S/C32H45N7O9/c1-20(2)29(38-25(41)9-5-4-6-16-34-26(42)18-39-27(43)14-15-28(39)44)31(46)37-24(8-7-17-35-32(33)47)30(45)36-23-12-10-22(11-13-23)19-48-21(3)40/h10-15,20,24,29H,4-9,16-19H2,1-3H3,(H,34,42)(H,36,45)(H,37,46)(H,38,41)(H3,33,35,47)/t24-,29-/m0/s1. The average Bonchev–Trinajstić information content (AvgIpc) is 3.34. The van der Waals surface area contributed by atoms with Crippen LogP contribution in [0.3, 0.4) is 0 Å². The molecule has 1 aromatic rings. The molecule has 262 valence electrons. The van der Waals surface area contributed by atoms with Crippen molar-refractivity contribution in [1.29, 1.82) is 0 Å². The van der Waals surface area contributed by atoms with Crippen LogP contribution in [0.1, 0.15) is 64.9 Å². The first-order valence-corrected chi connectivity index (χ1v) is 15.7. The van der Waals surface area contributed by atoms with E-state index < -0.39 is 53.6 Å². The van der Waals surface area contributed by atoms with Crippen molar-refractivity contribution >= 4 is 53.1 Å². The first kappa shape index (κ1) is 38.9. The van der Waals surface area contributed by atoms with Crippen LogP contribution in [0.15, 0.2) is 36.4 Å². The number of nitrogens with zero attached hydrogens (tertiary/aromatic N) is 1. The number of esters is 1. The lowest BCUT2D eigenvalue weighted by Crippen LogP contribution is -2.54. The normalized spacial score (nSPS) is 13.5. The Morgan fingerprint density at radius 2 is 1.46 bits per heavy atom. The van der Waals surface area contributed by atoms with Gasteiger partial charge in [0.15, 0.2) is 0 Å². The molecule has 0 fully saturated rings. The van der Waals surface area contributed by atoms with Crippen LogP contribution in [-0.2, 0) is 44.9 Å². The molecular weight excluding hydrogens is 626 g/mol. The monoisotopic (exact) mass is 671 g/mol. The Balaban J connectivity index is 1.86. The Hall–Kier alpha value is -5.28. The van der Waals surface area contributed by atoms with Crippen LogP contribution in [0.4, 0.5) is 10.5 Å². The minimum Gasteiger partial charge on any atom is -0.461 e. The third-order valence-electron chi connectivity index (χ3n) is 7.14. The number of nitrogens with two attached hydrogens (primary N) is 1. The Kier molecular flexibility index (Phi) is 16.3. The summed E-state index contributed by atoms with van der Waals surface area (Å²) in [6, 6.07) is 3.98. The molecule has 1 aliphatic heterocycles. The van der Waals surface area contributed by atoms with E-state index in [0.29, 0.717) is 37.9 Å². The van der Waals surface area contributed by atoms with Crippen molar-refractivity contribution in [2.24, 2.45) is 11.7 Å². The zero-order chi connectivity index (χ0) is 35.6. The molecular formula is C32H45N7O9. The van der Waals surface area contributed by atoms with Gasteiger partial charge in [0.1, 0.15) is 25.2 Å². The van der Waals surface area contributed by atoms with Gasteiger partial charge in [-0.2, -0.15) is 0 Å². The fourth-order valence-electron chi connectivity index (χ4n) is 4.53. The molecule has 2 rings (SSSR count). The third-order valence-corrected chi connectivity index (χ3v) is 7.14.